The summed E-state index contributed by atoms with van der Waals surface area (Å²) in [7, 11) is 0. The third-order valence-corrected chi connectivity index (χ3v) is 6.56. The zero-order chi connectivity index (χ0) is 26.8. The third-order valence-electron chi connectivity index (χ3n) is 6.56. The van der Waals surface area contributed by atoms with Crippen LogP contribution < -0.4 is 10.1 Å². The largest absolute Gasteiger partial charge is 0.483 e. The van der Waals surface area contributed by atoms with Crippen LogP contribution in [0.4, 0.5) is 9.18 Å². The second-order valence-corrected chi connectivity index (χ2v) is 9.14. The van der Waals surface area contributed by atoms with Gasteiger partial charge in [-0.25, -0.2) is 23.9 Å². The molecule has 1 aromatic carbocycles. The summed E-state index contributed by atoms with van der Waals surface area (Å²) in [6.45, 7) is 3.91. The van der Waals surface area contributed by atoms with Crippen molar-refractivity contribution < 1.29 is 23.8 Å². The van der Waals surface area contributed by atoms with E-state index in [0.717, 1.165) is 11.8 Å². The maximum atomic E-state index is 14.6. The first-order chi connectivity index (χ1) is 18.4. The van der Waals surface area contributed by atoms with Gasteiger partial charge < -0.3 is 20.1 Å². The Balaban J connectivity index is 1.25. The number of amides is 3. The number of aromatic nitrogens is 3. The van der Waals surface area contributed by atoms with Crippen LogP contribution >= 0.6 is 0 Å². The summed E-state index contributed by atoms with van der Waals surface area (Å²) in [6.07, 6.45) is 3.02. The molecular formula is C26H28FN7O4. The zero-order valence-corrected chi connectivity index (χ0v) is 21.0. The van der Waals surface area contributed by atoms with Gasteiger partial charge in [0.05, 0.1) is 48.9 Å². The lowest BCUT2D eigenvalue weighted by Crippen LogP contribution is -2.58. The number of carbonyl (C=O) groups is 2. The van der Waals surface area contributed by atoms with Gasteiger partial charge in [0.15, 0.2) is 17.4 Å². The highest BCUT2D eigenvalue weighted by Gasteiger charge is 2.39. The Bertz CT molecular complexity index is 1370. The number of hydrogen-bond acceptors (Lipinski definition) is 7. The van der Waals surface area contributed by atoms with Crippen LogP contribution in [0.25, 0.3) is 5.82 Å². The summed E-state index contributed by atoms with van der Waals surface area (Å²) in [4.78, 5) is 31.2. The van der Waals surface area contributed by atoms with Gasteiger partial charge in [0.25, 0.3) is 5.91 Å². The molecule has 5 rings (SSSR count). The predicted octanol–water partition coefficient (Wildman–Crippen LogP) is 2.36. The number of hydrogen-bond donors (Lipinski definition) is 2. The lowest BCUT2D eigenvalue weighted by atomic mass is 10.0. The van der Waals surface area contributed by atoms with Crippen LogP contribution in [0.15, 0.2) is 47.7 Å². The van der Waals surface area contributed by atoms with E-state index < -0.39 is 11.9 Å². The highest BCUT2D eigenvalue weighted by atomic mass is 19.1. The summed E-state index contributed by atoms with van der Waals surface area (Å²) in [5.74, 6) is -0.746. The van der Waals surface area contributed by atoms with Crippen LogP contribution in [0.5, 0.6) is 5.75 Å². The highest BCUT2D eigenvalue weighted by Crippen LogP contribution is 2.31. The van der Waals surface area contributed by atoms with Crippen molar-refractivity contribution in [3.8, 4) is 11.6 Å². The molecule has 1 fully saturated rings. The number of benzene rings is 1. The van der Waals surface area contributed by atoms with E-state index in [1.165, 1.54) is 15.8 Å². The fraction of sp³-hybridized carbons (Fsp3) is 0.346. The zero-order valence-electron chi connectivity index (χ0n) is 21.0. The number of carbonyl (C=O) groups excluding carboxylic acids is 2. The topological polar surface area (TPSA) is 125 Å². The molecule has 11 nitrogen and oxygen atoms in total. The van der Waals surface area contributed by atoms with E-state index in [4.69, 9.17) is 9.84 Å². The summed E-state index contributed by atoms with van der Waals surface area (Å²) in [5.41, 5.74) is 2.36. The summed E-state index contributed by atoms with van der Waals surface area (Å²) in [5, 5.41) is 21.7. The summed E-state index contributed by atoms with van der Waals surface area (Å²) in [6, 6.07) is 10.8. The minimum absolute atomic E-state index is 0.0210. The first-order valence-electron chi connectivity index (χ1n) is 12.3. The van der Waals surface area contributed by atoms with Gasteiger partial charge in [-0.15, -0.1) is 0 Å². The second kappa shape index (κ2) is 10.6. The third kappa shape index (κ3) is 4.82. The Morgan fingerprint density at radius 3 is 2.71 bits per heavy atom. The van der Waals surface area contributed by atoms with Crippen molar-refractivity contribution in [3.63, 3.8) is 0 Å². The van der Waals surface area contributed by atoms with Crippen molar-refractivity contribution in [2.45, 2.75) is 32.4 Å². The molecule has 2 aliphatic heterocycles. The maximum Gasteiger partial charge on any atom is 0.341 e. The lowest BCUT2D eigenvalue weighted by molar-refractivity contribution is 0.0256. The Hall–Kier alpha value is -4.32. The molecule has 2 aliphatic rings. The molecule has 0 bridgehead atoms. The van der Waals surface area contributed by atoms with Gasteiger partial charge in [-0.3, -0.25) is 4.79 Å². The van der Waals surface area contributed by atoms with Crippen molar-refractivity contribution in [3.05, 3.63) is 70.9 Å². The monoisotopic (exact) mass is 521 g/mol. The van der Waals surface area contributed by atoms with E-state index in [1.54, 1.807) is 25.0 Å². The number of likely N-dealkylation sites (tertiary alicyclic amines) is 1. The number of aryl methyl sites for hydroxylation is 1. The fourth-order valence-electron chi connectivity index (χ4n) is 4.61. The number of hydrazone groups is 1. The molecule has 3 aromatic rings. The van der Waals surface area contributed by atoms with Gasteiger partial charge >= 0.3 is 6.03 Å². The van der Waals surface area contributed by atoms with Crippen molar-refractivity contribution in [1.82, 2.24) is 30.0 Å². The number of nitrogens with zero attached hydrogens (tertiary/aromatic N) is 6. The van der Waals surface area contributed by atoms with Crippen LogP contribution in [0.1, 0.15) is 39.8 Å². The molecule has 0 spiro atoms. The molecule has 1 atom stereocenters. The molecule has 38 heavy (non-hydrogen) atoms. The number of urea groups is 1. The number of aliphatic hydroxyl groups is 1. The summed E-state index contributed by atoms with van der Waals surface area (Å²) >= 11 is 0. The maximum absolute atomic E-state index is 14.6. The summed E-state index contributed by atoms with van der Waals surface area (Å²) < 4.78 is 21.9. The van der Waals surface area contributed by atoms with Gasteiger partial charge in [0, 0.05) is 25.2 Å². The van der Waals surface area contributed by atoms with Crippen LogP contribution in [0.3, 0.4) is 0 Å². The van der Waals surface area contributed by atoms with Gasteiger partial charge in [-0.1, -0.05) is 30.3 Å². The molecular weight excluding hydrogens is 493 g/mol. The molecule has 0 radical (unpaired) electrons. The van der Waals surface area contributed by atoms with E-state index in [9.17, 15) is 14.0 Å². The Morgan fingerprint density at radius 2 is 1.97 bits per heavy atom. The van der Waals surface area contributed by atoms with Gasteiger partial charge in [-0.05, 0) is 19.4 Å². The lowest BCUT2D eigenvalue weighted by Gasteiger charge is -2.41. The van der Waals surface area contributed by atoms with Crippen molar-refractivity contribution >= 4 is 18.2 Å². The minimum atomic E-state index is -0.644. The van der Waals surface area contributed by atoms with Crippen LogP contribution in [0, 0.1) is 19.7 Å². The molecule has 0 aliphatic carbocycles. The number of aliphatic hydroxyl groups excluding tert-OH is 1. The molecule has 4 heterocycles. The fourth-order valence-corrected chi connectivity index (χ4v) is 4.61. The Morgan fingerprint density at radius 1 is 1.21 bits per heavy atom. The van der Waals surface area contributed by atoms with Crippen LogP contribution in [-0.4, -0.2) is 80.3 Å². The van der Waals surface area contributed by atoms with Gasteiger partial charge in [0.1, 0.15) is 6.10 Å². The smallest absolute Gasteiger partial charge is 0.341 e. The standard InChI is InChI=1S/C26H28FN7O4/c1-16-24(25(36)28-10-11-35)17(2)33(31-16)23-12-22(20(27)13-29-23)38-19-14-32(15-19)26(37)34-21(8-9-30-34)18-6-4-3-5-7-18/h3-7,9,12-13,19,21,35H,8,10-11,14-15H2,1-2H3,(H,28,36). The minimum Gasteiger partial charge on any atom is -0.483 e. The number of rotatable bonds is 7. The van der Waals surface area contributed by atoms with Crippen LogP contribution in [0.2, 0.25) is 0 Å². The first kappa shape index (κ1) is 25.3. The van der Waals surface area contributed by atoms with Gasteiger partial charge in [0.2, 0.25) is 0 Å². The molecule has 3 amide bonds. The molecule has 0 saturated carbocycles. The van der Waals surface area contributed by atoms with E-state index in [-0.39, 0.29) is 42.7 Å². The van der Waals surface area contributed by atoms with E-state index in [2.05, 4.69) is 20.5 Å². The van der Waals surface area contributed by atoms with Gasteiger partial charge in [-0.2, -0.15) is 10.2 Å². The van der Waals surface area contributed by atoms with Crippen LogP contribution in [-0.2, 0) is 0 Å². The van der Waals surface area contributed by atoms with E-state index in [1.807, 2.05) is 30.3 Å². The van der Waals surface area contributed by atoms with Crippen molar-refractivity contribution in [2.75, 3.05) is 26.2 Å². The molecule has 198 valence electrons. The molecule has 1 unspecified atom stereocenters. The average molecular weight is 522 g/mol. The Kier molecular flexibility index (Phi) is 7.05. The molecule has 12 heteroatoms. The second-order valence-electron chi connectivity index (χ2n) is 9.14. The Labute approximate surface area is 218 Å². The van der Waals surface area contributed by atoms with E-state index in [0.29, 0.717) is 36.5 Å². The molecule has 2 aromatic heterocycles. The SMILES string of the molecule is Cc1nn(-c2cc(OC3CN(C(=O)N4N=CCC4c4ccccc4)C3)c(F)cn2)c(C)c1C(=O)NCCO. The quantitative estimate of drug-likeness (QED) is 0.492. The average Bonchev–Trinajstić information content (AvgIpc) is 3.50. The van der Waals surface area contributed by atoms with Crippen molar-refractivity contribution in [2.24, 2.45) is 5.10 Å². The molecule has 1 saturated heterocycles. The normalized spacial score (nSPS) is 17.0. The van der Waals surface area contributed by atoms with E-state index >= 15 is 0 Å². The number of pyridine rings is 1. The highest BCUT2D eigenvalue weighted by molar-refractivity contribution is 5.96. The predicted molar refractivity (Wildman–Crippen MR) is 136 cm³/mol. The first-order valence-corrected chi connectivity index (χ1v) is 12.3. The van der Waals surface area contributed by atoms with Crippen molar-refractivity contribution in [1.29, 1.82) is 0 Å². The number of ether oxygens (including phenoxy) is 1. The number of nitrogens with one attached hydrogen (secondary N) is 1. The molecule has 2 N–H and O–H groups in total. The number of halogens is 1.